The second kappa shape index (κ2) is 4.20. The zero-order valence-electron chi connectivity index (χ0n) is 7.46. The zero-order valence-corrected chi connectivity index (χ0v) is 7.46. The standard InChI is InChI=1S/C10H16O/c1-5-7-9(11)10(3,4)8-6-2/h2,5,7,9,11H,8H2,1,3-4H3. The first kappa shape index (κ1) is 10.3. The molecule has 0 fully saturated rings. The van der Waals surface area contributed by atoms with Crippen molar-refractivity contribution < 1.29 is 5.11 Å². The number of hydrogen-bond donors (Lipinski definition) is 1. The highest BCUT2D eigenvalue weighted by Gasteiger charge is 2.24. The van der Waals surface area contributed by atoms with Crippen molar-refractivity contribution >= 4 is 0 Å². The van der Waals surface area contributed by atoms with Crippen LogP contribution in [0.1, 0.15) is 27.2 Å². The Balaban J connectivity index is 4.18. The van der Waals surface area contributed by atoms with Crippen LogP contribution in [0.4, 0.5) is 0 Å². The van der Waals surface area contributed by atoms with E-state index in [-0.39, 0.29) is 5.41 Å². The Hall–Kier alpha value is -0.740. The molecule has 1 unspecified atom stereocenters. The Bertz CT molecular complexity index is 172. The largest absolute Gasteiger partial charge is 0.388 e. The number of terminal acetylenes is 1. The van der Waals surface area contributed by atoms with Gasteiger partial charge in [0.1, 0.15) is 0 Å². The maximum atomic E-state index is 9.53. The van der Waals surface area contributed by atoms with Gasteiger partial charge in [0, 0.05) is 11.8 Å². The fourth-order valence-electron chi connectivity index (χ4n) is 0.810. The molecule has 0 rings (SSSR count). The number of allylic oxidation sites excluding steroid dienone is 1. The minimum absolute atomic E-state index is 0.207. The third-order valence-electron chi connectivity index (χ3n) is 1.73. The van der Waals surface area contributed by atoms with Crippen molar-refractivity contribution in [1.82, 2.24) is 0 Å². The summed E-state index contributed by atoms with van der Waals surface area (Å²) in [5.74, 6) is 2.55. The second-order valence-electron chi connectivity index (χ2n) is 3.34. The van der Waals surface area contributed by atoms with E-state index >= 15 is 0 Å². The minimum atomic E-state index is -0.441. The summed E-state index contributed by atoms with van der Waals surface area (Å²) in [6.07, 6.45) is 8.92. The molecule has 0 aliphatic carbocycles. The molecule has 0 spiro atoms. The molecule has 0 aromatic rings. The highest BCUT2D eigenvalue weighted by Crippen LogP contribution is 2.25. The fraction of sp³-hybridized carbons (Fsp3) is 0.600. The van der Waals surface area contributed by atoms with Crippen molar-refractivity contribution in [2.24, 2.45) is 5.41 Å². The van der Waals surface area contributed by atoms with Gasteiger partial charge in [-0.2, -0.15) is 0 Å². The van der Waals surface area contributed by atoms with Gasteiger partial charge in [-0.25, -0.2) is 0 Å². The molecule has 0 aromatic heterocycles. The van der Waals surface area contributed by atoms with Crippen molar-refractivity contribution in [3.05, 3.63) is 12.2 Å². The monoisotopic (exact) mass is 152 g/mol. The number of rotatable bonds is 3. The smallest absolute Gasteiger partial charge is 0.0780 e. The van der Waals surface area contributed by atoms with Gasteiger partial charge >= 0.3 is 0 Å². The fourth-order valence-corrected chi connectivity index (χ4v) is 0.810. The van der Waals surface area contributed by atoms with Gasteiger partial charge in [-0.15, -0.1) is 12.3 Å². The maximum Gasteiger partial charge on any atom is 0.0780 e. The van der Waals surface area contributed by atoms with Crippen LogP contribution in [-0.4, -0.2) is 11.2 Å². The molecular formula is C10H16O. The van der Waals surface area contributed by atoms with E-state index in [9.17, 15) is 5.11 Å². The van der Waals surface area contributed by atoms with E-state index in [4.69, 9.17) is 6.42 Å². The summed E-state index contributed by atoms with van der Waals surface area (Å²) in [7, 11) is 0. The van der Waals surface area contributed by atoms with Crippen LogP contribution in [0.2, 0.25) is 0 Å². The van der Waals surface area contributed by atoms with Gasteiger partial charge in [0.25, 0.3) is 0 Å². The van der Waals surface area contributed by atoms with Crippen LogP contribution in [0.25, 0.3) is 0 Å². The van der Waals surface area contributed by atoms with E-state index < -0.39 is 6.10 Å². The first-order valence-electron chi connectivity index (χ1n) is 3.79. The molecule has 0 bridgehead atoms. The van der Waals surface area contributed by atoms with Crippen molar-refractivity contribution in [2.75, 3.05) is 0 Å². The summed E-state index contributed by atoms with van der Waals surface area (Å²) in [6, 6.07) is 0. The Kier molecular flexibility index (Phi) is 3.92. The first-order chi connectivity index (χ1) is 5.04. The molecule has 1 heteroatoms. The van der Waals surface area contributed by atoms with Crippen LogP contribution < -0.4 is 0 Å². The van der Waals surface area contributed by atoms with Crippen LogP contribution in [-0.2, 0) is 0 Å². The molecule has 0 aromatic carbocycles. The average Bonchev–Trinajstić information content (AvgIpc) is 1.88. The van der Waals surface area contributed by atoms with E-state index in [0.29, 0.717) is 6.42 Å². The lowest BCUT2D eigenvalue weighted by Crippen LogP contribution is -2.26. The van der Waals surface area contributed by atoms with Crippen LogP contribution in [0.5, 0.6) is 0 Å². The van der Waals surface area contributed by atoms with Crippen LogP contribution >= 0.6 is 0 Å². The third kappa shape index (κ3) is 3.25. The maximum absolute atomic E-state index is 9.53. The summed E-state index contributed by atoms with van der Waals surface area (Å²) in [6.45, 7) is 5.80. The summed E-state index contributed by atoms with van der Waals surface area (Å²) < 4.78 is 0. The number of aliphatic hydroxyl groups excluding tert-OH is 1. The average molecular weight is 152 g/mol. The molecule has 0 radical (unpaired) electrons. The van der Waals surface area contributed by atoms with Crippen molar-refractivity contribution in [2.45, 2.75) is 33.3 Å². The molecule has 0 saturated heterocycles. The summed E-state index contributed by atoms with van der Waals surface area (Å²) in [5, 5.41) is 9.53. The normalized spacial score (nSPS) is 14.8. The van der Waals surface area contributed by atoms with Gasteiger partial charge in [-0.1, -0.05) is 26.0 Å². The highest BCUT2D eigenvalue weighted by atomic mass is 16.3. The molecular weight excluding hydrogens is 136 g/mol. The van der Waals surface area contributed by atoms with Crippen molar-refractivity contribution in [1.29, 1.82) is 0 Å². The lowest BCUT2D eigenvalue weighted by Gasteiger charge is -2.25. The Morgan fingerprint density at radius 3 is 2.55 bits per heavy atom. The Morgan fingerprint density at radius 2 is 2.18 bits per heavy atom. The molecule has 0 aliphatic heterocycles. The summed E-state index contributed by atoms with van der Waals surface area (Å²) in [4.78, 5) is 0. The summed E-state index contributed by atoms with van der Waals surface area (Å²) >= 11 is 0. The van der Waals surface area contributed by atoms with E-state index in [0.717, 1.165) is 0 Å². The predicted molar refractivity (Wildman–Crippen MR) is 48.1 cm³/mol. The van der Waals surface area contributed by atoms with E-state index in [1.807, 2.05) is 26.8 Å². The lowest BCUT2D eigenvalue weighted by molar-refractivity contribution is 0.0946. The zero-order chi connectivity index (χ0) is 8.91. The van der Waals surface area contributed by atoms with Crippen LogP contribution in [0.15, 0.2) is 12.2 Å². The van der Waals surface area contributed by atoms with Crippen molar-refractivity contribution in [3.63, 3.8) is 0 Å². The van der Waals surface area contributed by atoms with Gasteiger partial charge in [0.15, 0.2) is 0 Å². The molecule has 62 valence electrons. The lowest BCUT2D eigenvalue weighted by atomic mass is 9.83. The van der Waals surface area contributed by atoms with Gasteiger partial charge in [0.05, 0.1) is 6.10 Å². The quantitative estimate of drug-likeness (QED) is 0.484. The number of hydrogen-bond acceptors (Lipinski definition) is 1. The molecule has 1 N–H and O–H groups in total. The summed E-state index contributed by atoms with van der Waals surface area (Å²) in [5.41, 5.74) is -0.207. The van der Waals surface area contributed by atoms with E-state index in [2.05, 4.69) is 5.92 Å². The second-order valence-corrected chi connectivity index (χ2v) is 3.34. The van der Waals surface area contributed by atoms with Gasteiger partial charge in [0.2, 0.25) is 0 Å². The highest BCUT2D eigenvalue weighted by molar-refractivity contribution is 5.00. The van der Waals surface area contributed by atoms with E-state index in [1.165, 1.54) is 0 Å². The van der Waals surface area contributed by atoms with Gasteiger partial charge < -0.3 is 5.11 Å². The molecule has 0 saturated carbocycles. The van der Waals surface area contributed by atoms with Crippen molar-refractivity contribution in [3.8, 4) is 12.3 Å². The molecule has 0 heterocycles. The topological polar surface area (TPSA) is 20.2 Å². The van der Waals surface area contributed by atoms with Gasteiger partial charge in [-0.3, -0.25) is 0 Å². The minimum Gasteiger partial charge on any atom is -0.388 e. The molecule has 0 aliphatic rings. The molecule has 0 amide bonds. The Labute approximate surface area is 69.1 Å². The number of aliphatic hydroxyl groups is 1. The van der Waals surface area contributed by atoms with Crippen LogP contribution in [0.3, 0.4) is 0 Å². The molecule has 1 atom stereocenters. The SMILES string of the molecule is C#CCC(C)(C)C(O)C=CC. The van der Waals surface area contributed by atoms with Gasteiger partial charge in [-0.05, 0) is 6.92 Å². The predicted octanol–water partition coefficient (Wildman–Crippen LogP) is 1.97. The molecule has 11 heavy (non-hydrogen) atoms. The van der Waals surface area contributed by atoms with E-state index in [1.54, 1.807) is 6.08 Å². The Morgan fingerprint density at radius 1 is 1.64 bits per heavy atom. The third-order valence-corrected chi connectivity index (χ3v) is 1.73. The molecule has 1 nitrogen and oxygen atoms in total. The first-order valence-corrected chi connectivity index (χ1v) is 3.79. The van der Waals surface area contributed by atoms with Crippen LogP contribution in [0, 0.1) is 17.8 Å².